The van der Waals surface area contributed by atoms with Crippen molar-refractivity contribution in [1.29, 1.82) is 0 Å². The molecule has 1 heterocycles. The van der Waals surface area contributed by atoms with E-state index >= 15 is 0 Å². The summed E-state index contributed by atoms with van der Waals surface area (Å²) >= 11 is 0. The molecule has 0 fully saturated rings. The van der Waals surface area contributed by atoms with Gasteiger partial charge in [-0.15, -0.1) is 0 Å². The number of phenolic OH excluding ortho intramolecular Hbond substituents is 1. The number of hydrogen-bond donors (Lipinski definition) is 2. The number of aliphatic imine (C=N–C) groups is 2. The van der Waals surface area contributed by atoms with Gasteiger partial charge in [0.05, 0.1) is 17.7 Å². The summed E-state index contributed by atoms with van der Waals surface area (Å²) < 4.78 is 33.1. The van der Waals surface area contributed by atoms with Crippen LogP contribution in [-0.2, 0) is 10.0 Å². The molecule has 0 spiro atoms. The first-order valence-electron chi connectivity index (χ1n) is 9.05. The van der Waals surface area contributed by atoms with E-state index < -0.39 is 10.0 Å². The maximum absolute atomic E-state index is 12.7. The molecule has 0 saturated heterocycles. The van der Waals surface area contributed by atoms with Gasteiger partial charge in [0.1, 0.15) is 17.3 Å². The molecule has 0 atom stereocenters. The summed E-state index contributed by atoms with van der Waals surface area (Å²) in [7, 11) is -2.19. The highest BCUT2D eigenvalue weighted by molar-refractivity contribution is 7.90. The largest absolute Gasteiger partial charge is 0.507 e. The van der Waals surface area contributed by atoms with E-state index in [-0.39, 0.29) is 10.6 Å². The van der Waals surface area contributed by atoms with E-state index in [2.05, 4.69) is 14.7 Å². The summed E-state index contributed by atoms with van der Waals surface area (Å²) in [6.45, 7) is 0.645. The third kappa shape index (κ3) is 5.10. The molecule has 0 saturated carbocycles. The molecule has 1 aliphatic heterocycles. The summed E-state index contributed by atoms with van der Waals surface area (Å²) in [6, 6.07) is 11.1. The Morgan fingerprint density at radius 3 is 2.86 bits per heavy atom. The lowest BCUT2D eigenvalue weighted by atomic mass is 10.2. The van der Waals surface area contributed by atoms with E-state index in [4.69, 9.17) is 4.74 Å². The molecule has 0 aliphatic carbocycles. The van der Waals surface area contributed by atoms with Crippen molar-refractivity contribution in [3.8, 4) is 11.5 Å². The van der Waals surface area contributed by atoms with Crippen LogP contribution < -0.4 is 9.46 Å². The second-order valence-electron chi connectivity index (χ2n) is 6.42. The van der Waals surface area contributed by atoms with Crippen molar-refractivity contribution < 1.29 is 18.3 Å². The topological polar surface area (TPSA) is 100 Å². The lowest BCUT2D eigenvalue weighted by molar-refractivity contribution is 0.412. The third-order valence-electron chi connectivity index (χ3n) is 4.34. The number of methoxy groups -OCH3 is 1. The Bertz CT molecular complexity index is 1000. The van der Waals surface area contributed by atoms with Gasteiger partial charge >= 0.3 is 0 Å². The number of benzene rings is 2. The molecule has 28 heavy (non-hydrogen) atoms. The van der Waals surface area contributed by atoms with Crippen LogP contribution in [0, 0.1) is 0 Å². The fourth-order valence-corrected chi connectivity index (χ4v) is 3.94. The number of sulfonamides is 1. The molecule has 1 aliphatic rings. The third-order valence-corrected chi connectivity index (χ3v) is 5.72. The maximum Gasteiger partial charge on any atom is 0.262 e. The molecule has 2 aromatic rings. The predicted octanol–water partition coefficient (Wildman–Crippen LogP) is 3.40. The number of nitrogens with zero attached hydrogens (tertiary/aromatic N) is 2. The number of rotatable bonds is 5. The zero-order chi connectivity index (χ0) is 20.0. The quantitative estimate of drug-likeness (QED) is 0.750. The minimum atomic E-state index is -3.72. The van der Waals surface area contributed by atoms with E-state index in [1.807, 2.05) is 0 Å². The lowest BCUT2D eigenvalue weighted by Crippen LogP contribution is -2.30. The average Bonchev–Trinajstić information content (AvgIpc) is 2.96. The van der Waals surface area contributed by atoms with Gasteiger partial charge in [-0.3, -0.25) is 14.7 Å². The fraction of sp³-hybridized carbons (Fsp3) is 0.300. The van der Waals surface area contributed by atoms with Crippen molar-refractivity contribution >= 4 is 27.8 Å². The van der Waals surface area contributed by atoms with Crippen LogP contribution in [-0.4, -0.2) is 39.2 Å². The number of phenols is 1. The molecule has 0 bridgehead atoms. The standard InChI is InChI=1S/C20H23N3O4S/c1-27-17-9-10-19(24)15(12-17)14-22-16-6-5-7-18(13-16)28(25,26)23-20-8-3-2-4-11-21-20/h5-7,9-10,12-14,24H,2-4,8,11H2,1H3,(H,21,23). The van der Waals surface area contributed by atoms with Gasteiger partial charge in [-0.25, -0.2) is 8.42 Å². The van der Waals surface area contributed by atoms with Gasteiger partial charge in [-0.2, -0.15) is 0 Å². The van der Waals surface area contributed by atoms with Crippen LogP contribution in [0.5, 0.6) is 11.5 Å². The maximum atomic E-state index is 12.7. The minimum absolute atomic E-state index is 0.0568. The molecular formula is C20H23N3O4S. The van der Waals surface area contributed by atoms with Crippen molar-refractivity contribution in [2.24, 2.45) is 9.98 Å². The number of ether oxygens (including phenoxy) is 1. The normalized spacial score (nSPS) is 15.1. The van der Waals surface area contributed by atoms with Crippen molar-refractivity contribution in [3.05, 3.63) is 48.0 Å². The number of amidine groups is 1. The van der Waals surface area contributed by atoms with Gasteiger partial charge in [-0.05, 0) is 49.2 Å². The van der Waals surface area contributed by atoms with E-state index in [0.29, 0.717) is 35.8 Å². The first-order valence-corrected chi connectivity index (χ1v) is 10.5. The Morgan fingerprint density at radius 1 is 1.18 bits per heavy atom. The first kappa shape index (κ1) is 19.9. The fourth-order valence-electron chi connectivity index (χ4n) is 2.81. The Labute approximate surface area is 164 Å². The second-order valence-corrected chi connectivity index (χ2v) is 8.11. The van der Waals surface area contributed by atoms with Gasteiger partial charge in [-0.1, -0.05) is 12.5 Å². The number of hydrogen-bond acceptors (Lipinski definition) is 6. The van der Waals surface area contributed by atoms with Gasteiger partial charge in [0.25, 0.3) is 10.0 Å². The monoisotopic (exact) mass is 401 g/mol. The molecule has 2 N–H and O–H groups in total. The van der Waals surface area contributed by atoms with Crippen molar-refractivity contribution in [2.75, 3.05) is 13.7 Å². The van der Waals surface area contributed by atoms with E-state index in [9.17, 15) is 13.5 Å². The molecule has 8 heteroatoms. The highest BCUT2D eigenvalue weighted by atomic mass is 32.2. The molecule has 2 aromatic carbocycles. The molecule has 0 unspecified atom stereocenters. The van der Waals surface area contributed by atoms with Gasteiger partial charge < -0.3 is 9.84 Å². The highest BCUT2D eigenvalue weighted by Crippen LogP contribution is 2.23. The number of aromatic hydroxyl groups is 1. The Hall–Kier alpha value is -2.87. The molecule has 0 aromatic heterocycles. The van der Waals surface area contributed by atoms with Gasteiger partial charge in [0.2, 0.25) is 0 Å². The van der Waals surface area contributed by atoms with Crippen LogP contribution in [0.3, 0.4) is 0 Å². The van der Waals surface area contributed by atoms with Crippen LogP contribution in [0.25, 0.3) is 0 Å². The van der Waals surface area contributed by atoms with E-state index in [0.717, 1.165) is 19.3 Å². The number of nitrogens with one attached hydrogen (secondary N) is 1. The minimum Gasteiger partial charge on any atom is -0.507 e. The summed E-state index contributed by atoms with van der Waals surface area (Å²) in [5.74, 6) is 1.15. The van der Waals surface area contributed by atoms with Crippen LogP contribution >= 0.6 is 0 Å². The second kappa shape index (κ2) is 8.88. The van der Waals surface area contributed by atoms with Crippen molar-refractivity contribution in [2.45, 2.75) is 30.6 Å². The Kier molecular flexibility index (Phi) is 6.30. The predicted molar refractivity (Wildman–Crippen MR) is 109 cm³/mol. The van der Waals surface area contributed by atoms with Crippen LogP contribution in [0.15, 0.2) is 57.3 Å². The van der Waals surface area contributed by atoms with E-state index in [1.54, 1.807) is 24.3 Å². The van der Waals surface area contributed by atoms with E-state index in [1.165, 1.54) is 31.5 Å². The molecule has 0 amide bonds. The molecular weight excluding hydrogens is 378 g/mol. The smallest absolute Gasteiger partial charge is 0.262 e. The van der Waals surface area contributed by atoms with Crippen LogP contribution in [0.1, 0.15) is 31.2 Å². The van der Waals surface area contributed by atoms with Crippen molar-refractivity contribution in [3.63, 3.8) is 0 Å². The molecule has 148 valence electrons. The molecule has 7 nitrogen and oxygen atoms in total. The summed E-state index contributed by atoms with van der Waals surface area (Å²) in [5.41, 5.74) is 0.923. The van der Waals surface area contributed by atoms with Crippen molar-refractivity contribution in [1.82, 2.24) is 4.72 Å². The Morgan fingerprint density at radius 2 is 2.04 bits per heavy atom. The molecule has 0 radical (unpaired) electrons. The zero-order valence-electron chi connectivity index (χ0n) is 15.6. The summed E-state index contributed by atoms with van der Waals surface area (Å²) in [5, 5.41) is 9.93. The van der Waals surface area contributed by atoms with Gasteiger partial charge in [0, 0.05) is 24.7 Å². The first-order chi connectivity index (χ1) is 13.5. The SMILES string of the molecule is COc1ccc(O)c(C=Nc2cccc(S(=O)(=O)NC3=NCCCCC3)c2)c1. The molecule has 3 rings (SSSR count). The lowest BCUT2D eigenvalue weighted by Gasteiger charge is -2.10. The zero-order valence-corrected chi connectivity index (χ0v) is 16.4. The van der Waals surface area contributed by atoms with Gasteiger partial charge in [0.15, 0.2) is 0 Å². The average molecular weight is 401 g/mol. The summed E-state index contributed by atoms with van der Waals surface area (Å²) in [6.07, 6.45) is 5.05. The van der Waals surface area contributed by atoms with Crippen LogP contribution in [0.4, 0.5) is 5.69 Å². The van der Waals surface area contributed by atoms with Crippen LogP contribution in [0.2, 0.25) is 0 Å². The highest BCUT2D eigenvalue weighted by Gasteiger charge is 2.17. The Balaban J connectivity index is 1.81. The summed E-state index contributed by atoms with van der Waals surface area (Å²) in [4.78, 5) is 8.72.